The normalized spacial score (nSPS) is 22.4. The van der Waals surface area contributed by atoms with Gasteiger partial charge in [0.1, 0.15) is 0 Å². The minimum Gasteiger partial charge on any atom is -0.0620 e. The van der Waals surface area contributed by atoms with E-state index in [0.29, 0.717) is 0 Å². The minimum atomic E-state index is 1.16. The number of rotatable bonds is 0. The Morgan fingerprint density at radius 2 is 0.733 bits per heavy atom. The second-order valence-electron chi connectivity index (χ2n) is 9.41. The molecule has 0 amide bonds. The highest BCUT2D eigenvalue weighted by atomic mass is 14.3. The van der Waals surface area contributed by atoms with Crippen molar-refractivity contribution in [2.24, 2.45) is 11.8 Å². The first-order chi connectivity index (χ1) is 14.9. The van der Waals surface area contributed by atoms with Crippen LogP contribution in [0.2, 0.25) is 0 Å². The van der Waals surface area contributed by atoms with Gasteiger partial charge in [0.2, 0.25) is 0 Å². The van der Waals surface area contributed by atoms with Crippen molar-refractivity contribution in [3.8, 4) is 0 Å². The van der Waals surface area contributed by atoms with Gasteiger partial charge >= 0.3 is 0 Å². The Morgan fingerprint density at radius 3 is 1.10 bits per heavy atom. The standard InChI is InChI=1S/C10H18.C10H12.C10H8/c3*1-2-6-10-8-4-3-7-9(10)5-1/h9-10H,1-8H2;1-2,5-6H,3-4,7-8H2;1-8H. The van der Waals surface area contributed by atoms with Crippen LogP contribution in [0.15, 0.2) is 72.8 Å². The van der Waals surface area contributed by atoms with Crippen molar-refractivity contribution in [3.05, 3.63) is 83.9 Å². The second-order valence-corrected chi connectivity index (χ2v) is 9.41. The van der Waals surface area contributed by atoms with E-state index in [1.54, 1.807) is 36.8 Å². The first-order valence-corrected chi connectivity index (χ1v) is 12.4. The van der Waals surface area contributed by atoms with Gasteiger partial charge in [-0.1, -0.05) is 124 Å². The van der Waals surface area contributed by atoms with Gasteiger partial charge in [-0.2, -0.15) is 0 Å². The third-order valence-corrected chi connectivity index (χ3v) is 7.39. The Bertz CT molecular complexity index is 777. The summed E-state index contributed by atoms with van der Waals surface area (Å²) < 4.78 is 0. The summed E-state index contributed by atoms with van der Waals surface area (Å²) in [6, 6.07) is 25.5. The molecule has 3 aliphatic carbocycles. The second kappa shape index (κ2) is 11.3. The SMILES string of the molecule is C1CCC2CCCCC2C1.c1ccc2c(c1)CCCC2.c1ccc2ccccc2c1. The van der Waals surface area contributed by atoms with Gasteiger partial charge in [0.05, 0.1) is 0 Å². The van der Waals surface area contributed by atoms with E-state index >= 15 is 0 Å². The Hall–Kier alpha value is -2.08. The van der Waals surface area contributed by atoms with Crippen LogP contribution in [0.1, 0.15) is 75.3 Å². The van der Waals surface area contributed by atoms with Crippen molar-refractivity contribution in [1.29, 1.82) is 0 Å². The number of aryl methyl sites for hydroxylation is 2. The lowest BCUT2D eigenvalue weighted by Crippen LogP contribution is -2.22. The van der Waals surface area contributed by atoms with E-state index in [9.17, 15) is 0 Å². The predicted molar refractivity (Wildman–Crippen MR) is 131 cm³/mol. The van der Waals surface area contributed by atoms with Gasteiger partial charge in [0, 0.05) is 0 Å². The molecular formula is C30H38. The van der Waals surface area contributed by atoms with Crippen LogP contribution >= 0.6 is 0 Å². The molecule has 2 fully saturated rings. The van der Waals surface area contributed by atoms with Crippen molar-refractivity contribution in [3.63, 3.8) is 0 Å². The molecular weight excluding hydrogens is 360 g/mol. The fourth-order valence-corrected chi connectivity index (χ4v) is 5.67. The maximum atomic E-state index is 2.26. The molecule has 2 saturated carbocycles. The lowest BCUT2D eigenvalue weighted by atomic mass is 9.71. The Kier molecular flexibility index (Phi) is 8.01. The van der Waals surface area contributed by atoms with Crippen LogP contribution in [0.25, 0.3) is 10.8 Å². The van der Waals surface area contributed by atoms with Gasteiger partial charge in [-0.05, 0) is 59.4 Å². The van der Waals surface area contributed by atoms with Crippen molar-refractivity contribution in [1.82, 2.24) is 0 Å². The Morgan fingerprint density at radius 1 is 0.400 bits per heavy atom. The van der Waals surface area contributed by atoms with Gasteiger partial charge in [0.25, 0.3) is 0 Å². The van der Waals surface area contributed by atoms with E-state index in [4.69, 9.17) is 0 Å². The van der Waals surface area contributed by atoms with Crippen molar-refractivity contribution in [2.45, 2.75) is 77.0 Å². The van der Waals surface area contributed by atoms with Crippen LogP contribution in [0, 0.1) is 11.8 Å². The fourth-order valence-electron chi connectivity index (χ4n) is 5.67. The molecule has 0 atom stereocenters. The van der Waals surface area contributed by atoms with E-state index in [0.717, 1.165) is 11.8 Å². The molecule has 6 rings (SSSR count). The zero-order valence-electron chi connectivity index (χ0n) is 18.6. The number of hydrogen-bond acceptors (Lipinski definition) is 0. The van der Waals surface area contributed by atoms with Crippen LogP contribution in [-0.4, -0.2) is 0 Å². The van der Waals surface area contributed by atoms with Crippen molar-refractivity contribution < 1.29 is 0 Å². The highest BCUT2D eigenvalue weighted by molar-refractivity contribution is 5.82. The number of fused-ring (bicyclic) bond motifs is 3. The Balaban J connectivity index is 0.000000109. The molecule has 3 aliphatic rings. The minimum absolute atomic E-state index is 1.16. The molecule has 30 heavy (non-hydrogen) atoms. The molecule has 3 aromatic rings. The average Bonchev–Trinajstić information content (AvgIpc) is 2.85. The molecule has 0 heterocycles. The number of hydrogen-bond donors (Lipinski definition) is 0. The molecule has 0 saturated heterocycles. The molecule has 0 aliphatic heterocycles. The fraction of sp³-hybridized carbons (Fsp3) is 0.467. The van der Waals surface area contributed by atoms with Crippen molar-refractivity contribution in [2.75, 3.05) is 0 Å². The molecule has 0 heteroatoms. The quantitative estimate of drug-likeness (QED) is 0.355. The van der Waals surface area contributed by atoms with Gasteiger partial charge < -0.3 is 0 Å². The molecule has 0 nitrogen and oxygen atoms in total. The maximum Gasteiger partial charge on any atom is -0.0184 e. The zero-order chi connectivity index (χ0) is 20.4. The molecule has 0 radical (unpaired) electrons. The van der Waals surface area contributed by atoms with E-state index < -0.39 is 0 Å². The van der Waals surface area contributed by atoms with E-state index in [1.165, 1.54) is 62.1 Å². The van der Waals surface area contributed by atoms with Gasteiger partial charge in [0.15, 0.2) is 0 Å². The number of benzene rings is 3. The Labute approximate surface area is 183 Å². The van der Waals surface area contributed by atoms with E-state index in [-0.39, 0.29) is 0 Å². The van der Waals surface area contributed by atoms with E-state index in [2.05, 4.69) is 72.8 Å². The molecule has 158 valence electrons. The summed E-state index contributed by atoms with van der Waals surface area (Å²) in [5, 5.41) is 2.62. The predicted octanol–water partition coefficient (Wildman–Crippen LogP) is 8.77. The van der Waals surface area contributed by atoms with Crippen LogP contribution < -0.4 is 0 Å². The zero-order valence-corrected chi connectivity index (χ0v) is 18.6. The monoisotopic (exact) mass is 398 g/mol. The molecule has 0 N–H and O–H groups in total. The lowest BCUT2D eigenvalue weighted by molar-refractivity contribution is 0.171. The maximum absolute atomic E-state index is 2.26. The molecule has 3 aromatic carbocycles. The van der Waals surface area contributed by atoms with Gasteiger partial charge in [-0.25, -0.2) is 0 Å². The summed E-state index contributed by atoms with van der Waals surface area (Å²) in [6.07, 6.45) is 17.7. The summed E-state index contributed by atoms with van der Waals surface area (Å²) in [5.41, 5.74) is 3.16. The summed E-state index contributed by atoms with van der Waals surface area (Å²) >= 11 is 0. The molecule has 0 spiro atoms. The summed E-state index contributed by atoms with van der Waals surface area (Å²) in [4.78, 5) is 0. The first kappa shape index (κ1) is 21.2. The topological polar surface area (TPSA) is 0 Å². The largest absolute Gasteiger partial charge is 0.0620 e. The highest BCUT2D eigenvalue weighted by Gasteiger charge is 2.26. The van der Waals surface area contributed by atoms with Crippen LogP contribution in [0.5, 0.6) is 0 Å². The third-order valence-electron chi connectivity index (χ3n) is 7.39. The highest BCUT2D eigenvalue weighted by Crippen LogP contribution is 2.40. The van der Waals surface area contributed by atoms with Crippen LogP contribution in [-0.2, 0) is 12.8 Å². The smallest absolute Gasteiger partial charge is 0.0184 e. The third kappa shape index (κ3) is 5.97. The molecule has 0 aromatic heterocycles. The lowest BCUT2D eigenvalue weighted by Gasteiger charge is -2.35. The average molecular weight is 399 g/mol. The summed E-state index contributed by atoms with van der Waals surface area (Å²) in [5.74, 6) is 2.31. The van der Waals surface area contributed by atoms with Crippen molar-refractivity contribution >= 4 is 10.8 Å². The van der Waals surface area contributed by atoms with Crippen LogP contribution in [0.4, 0.5) is 0 Å². The van der Waals surface area contributed by atoms with Gasteiger partial charge in [-0.15, -0.1) is 0 Å². The van der Waals surface area contributed by atoms with E-state index in [1.807, 2.05) is 0 Å². The molecule has 0 unspecified atom stereocenters. The molecule has 0 bridgehead atoms. The van der Waals surface area contributed by atoms with Gasteiger partial charge in [-0.3, -0.25) is 0 Å². The van der Waals surface area contributed by atoms with Crippen LogP contribution in [0.3, 0.4) is 0 Å². The first-order valence-electron chi connectivity index (χ1n) is 12.4. The summed E-state index contributed by atoms with van der Waals surface area (Å²) in [7, 11) is 0. The summed E-state index contributed by atoms with van der Waals surface area (Å²) in [6.45, 7) is 0.